The van der Waals surface area contributed by atoms with Gasteiger partial charge in [-0.2, -0.15) is 0 Å². The van der Waals surface area contributed by atoms with Crippen molar-refractivity contribution in [2.24, 2.45) is 0 Å². The molecule has 0 atom stereocenters. The minimum atomic E-state index is -0.142. The Bertz CT molecular complexity index is 1490. The molecule has 3 aromatic carbocycles. The second-order valence-corrected chi connectivity index (χ2v) is 9.30. The molecule has 0 amide bonds. The number of halogens is 1. The molecule has 166 valence electrons. The largest absolute Gasteiger partial charge is 0.455 e. The van der Waals surface area contributed by atoms with Crippen LogP contribution in [0.25, 0.3) is 44.0 Å². The monoisotopic (exact) mass is 439 g/mol. The zero-order valence-corrected chi connectivity index (χ0v) is 18.9. The molecule has 2 aromatic heterocycles. The van der Waals surface area contributed by atoms with E-state index in [4.69, 9.17) is 14.1 Å². The molecule has 1 saturated heterocycles. The first-order valence-corrected chi connectivity index (χ1v) is 11.7. The van der Waals surface area contributed by atoms with Crippen molar-refractivity contribution in [3.63, 3.8) is 0 Å². The standard InChI is InChI=1S/C29H26FNO2/c1-17(2)19-15-23-20-5-3-4-6-26(20)33-29(23)24(16-19)28-22-7-8-25(30)27(21(22)9-12-31-28)18-10-13-32-14-11-18/h3-9,12,15-18H,10-11,13-14H2,1-2H3. The predicted molar refractivity (Wildman–Crippen MR) is 131 cm³/mol. The highest BCUT2D eigenvalue weighted by Gasteiger charge is 2.24. The van der Waals surface area contributed by atoms with Gasteiger partial charge in [0.05, 0.1) is 5.69 Å². The molecule has 0 spiro atoms. The lowest BCUT2D eigenvalue weighted by Gasteiger charge is -2.24. The summed E-state index contributed by atoms with van der Waals surface area (Å²) in [6, 6.07) is 18.0. The molecule has 0 radical (unpaired) electrons. The summed E-state index contributed by atoms with van der Waals surface area (Å²) in [7, 11) is 0. The molecule has 6 rings (SSSR count). The van der Waals surface area contributed by atoms with Crippen LogP contribution in [0.3, 0.4) is 0 Å². The van der Waals surface area contributed by atoms with Crippen LogP contribution < -0.4 is 0 Å². The van der Waals surface area contributed by atoms with Crippen LogP contribution >= 0.6 is 0 Å². The Balaban J connectivity index is 1.66. The van der Waals surface area contributed by atoms with Crippen LogP contribution in [-0.4, -0.2) is 18.2 Å². The smallest absolute Gasteiger partial charge is 0.144 e. The summed E-state index contributed by atoms with van der Waals surface area (Å²) in [5.74, 6) is 0.370. The number of rotatable bonds is 3. The Kier molecular flexibility index (Phi) is 4.92. The molecule has 1 aliphatic heterocycles. The summed E-state index contributed by atoms with van der Waals surface area (Å²) < 4.78 is 27.0. The van der Waals surface area contributed by atoms with Gasteiger partial charge in [-0.15, -0.1) is 0 Å². The quantitative estimate of drug-likeness (QED) is 0.286. The molecule has 0 N–H and O–H groups in total. The van der Waals surface area contributed by atoms with Crippen LogP contribution in [0.4, 0.5) is 4.39 Å². The maximum absolute atomic E-state index is 15.1. The Labute approximate surface area is 192 Å². The van der Waals surface area contributed by atoms with E-state index in [1.54, 1.807) is 12.3 Å². The van der Waals surface area contributed by atoms with Gasteiger partial charge in [0.25, 0.3) is 0 Å². The SMILES string of the molecule is CC(C)c1cc(-c2nccc3c(C4CCOCC4)c(F)ccc23)c2oc3ccccc3c2c1. The number of pyridine rings is 1. The van der Waals surface area contributed by atoms with Gasteiger partial charge in [0.1, 0.15) is 17.0 Å². The first-order valence-electron chi connectivity index (χ1n) is 11.7. The fourth-order valence-corrected chi connectivity index (χ4v) is 5.23. The Morgan fingerprint density at radius 1 is 0.909 bits per heavy atom. The van der Waals surface area contributed by atoms with Gasteiger partial charge in [-0.1, -0.05) is 32.0 Å². The Morgan fingerprint density at radius 3 is 2.55 bits per heavy atom. The third-order valence-electron chi connectivity index (χ3n) is 6.99. The molecular weight excluding hydrogens is 413 g/mol. The van der Waals surface area contributed by atoms with E-state index in [0.717, 1.165) is 62.4 Å². The molecule has 5 aromatic rings. The van der Waals surface area contributed by atoms with Crippen LogP contribution in [0, 0.1) is 5.82 Å². The zero-order chi connectivity index (χ0) is 22.5. The van der Waals surface area contributed by atoms with Gasteiger partial charge in [-0.3, -0.25) is 4.98 Å². The fraction of sp³-hybridized carbons (Fsp3) is 0.276. The summed E-state index contributed by atoms with van der Waals surface area (Å²) in [6.07, 6.45) is 3.48. The summed E-state index contributed by atoms with van der Waals surface area (Å²) in [6.45, 7) is 5.74. The normalized spacial score (nSPS) is 15.3. The third kappa shape index (κ3) is 3.32. The van der Waals surface area contributed by atoms with Crippen LogP contribution in [0.5, 0.6) is 0 Å². The lowest BCUT2D eigenvalue weighted by molar-refractivity contribution is 0.0849. The van der Waals surface area contributed by atoms with Gasteiger partial charge in [0.15, 0.2) is 0 Å². The van der Waals surface area contributed by atoms with Crippen molar-refractivity contribution in [3.8, 4) is 11.3 Å². The van der Waals surface area contributed by atoms with E-state index < -0.39 is 0 Å². The molecule has 1 fully saturated rings. The maximum atomic E-state index is 15.1. The van der Waals surface area contributed by atoms with E-state index in [2.05, 4.69) is 32.0 Å². The van der Waals surface area contributed by atoms with Crippen molar-refractivity contribution in [1.29, 1.82) is 0 Å². The first-order chi connectivity index (χ1) is 16.1. The van der Waals surface area contributed by atoms with Gasteiger partial charge in [0.2, 0.25) is 0 Å². The molecule has 0 bridgehead atoms. The predicted octanol–water partition coefficient (Wildman–Crippen LogP) is 7.96. The zero-order valence-electron chi connectivity index (χ0n) is 18.9. The molecular formula is C29H26FNO2. The van der Waals surface area contributed by atoms with E-state index in [1.807, 2.05) is 30.3 Å². The molecule has 3 heterocycles. The van der Waals surface area contributed by atoms with Crippen molar-refractivity contribution in [2.75, 3.05) is 13.2 Å². The van der Waals surface area contributed by atoms with Gasteiger partial charge in [-0.25, -0.2) is 4.39 Å². The van der Waals surface area contributed by atoms with E-state index in [-0.39, 0.29) is 11.7 Å². The summed E-state index contributed by atoms with van der Waals surface area (Å²) in [5, 5.41) is 4.09. The van der Waals surface area contributed by atoms with Crippen molar-refractivity contribution in [2.45, 2.75) is 38.5 Å². The molecule has 3 nitrogen and oxygen atoms in total. The highest BCUT2D eigenvalue weighted by molar-refractivity contribution is 6.12. The van der Waals surface area contributed by atoms with Gasteiger partial charge < -0.3 is 9.15 Å². The number of hydrogen-bond acceptors (Lipinski definition) is 3. The fourth-order valence-electron chi connectivity index (χ4n) is 5.23. The molecule has 0 aliphatic carbocycles. The minimum absolute atomic E-state index is 0.142. The number of aromatic nitrogens is 1. The van der Waals surface area contributed by atoms with Gasteiger partial charge >= 0.3 is 0 Å². The highest BCUT2D eigenvalue weighted by atomic mass is 19.1. The third-order valence-corrected chi connectivity index (χ3v) is 6.99. The number of furan rings is 1. The average molecular weight is 440 g/mol. The van der Waals surface area contributed by atoms with Crippen molar-refractivity contribution < 1.29 is 13.5 Å². The second kappa shape index (κ2) is 7.96. The summed E-state index contributed by atoms with van der Waals surface area (Å²) in [4.78, 5) is 4.81. The first kappa shape index (κ1) is 20.4. The number of para-hydroxylation sites is 1. The van der Waals surface area contributed by atoms with Gasteiger partial charge in [-0.05, 0) is 77.6 Å². The Hall–Kier alpha value is -3.24. The summed E-state index contributed by atoms with van der Waals surface area (Å²) >= 11 is 0. The number of nitrogens with zero attached hydrogens (tertiary/aromatic N) is 1. The van der Waals surface area contributed by atoms with Crippen LogP contribution in [0.15, 0.2) is 65.2 Å². The van der Waals surface area contributed by atoms with E-state index >= 15 is 4.39 Å². The van der Waals surface area contributed by atoms with Crippen molar-refractivity contribution >= 4 is 32.7 Å². The van der Waals surface area contributed by atoms with E-state index in [0.29, 0.717) is 19.1 Å². The van der Waals surface area contributed by atoms with Crippen LogP contribution in [0.1, 0.15) is 49.7 Å². The Morgan fingerprint density at radius 2 is 1.73 bits per heavy atom. The second-order valence-electron chi connectivity index (χ2n) is 9.30. The van der Waals surface area contributed by atoms with E-state index in [9.17, 15) is 0 Å². The van der Waals surface area contributed by atoms with Gasteiger partial charge in [0, 0.05) is 41.1 Å². The number of benzene rings is 3. The molecule has 33 heavy (non-hydrogen) atoms. The summed E-state index contributed by atoms with van der Waals surface area (Å²) in [5.41, 5.74) is 5.52. The van der Waals surface area contributed by atoms with Crippen LogP contribution in [-0.2, 0) is 4.74 Å². The van der Waals surface area contributed by atoms with Crippen LogP contribution in [0.2, 0.25) is 0 Å². The number of hydrogen-bond donors (Lipinski definition) is 0. The minimum Gasteiger partial charge on any atom is -0.455 e. The molecule has 0 unspecified atom stereocenters. The molecule has 0 saturated carbocycles. The highest BCUT2D eigenvalue weighted by Crippen LogP contribution is 2.42. The van der Waals surface area contributed by atoms with Crippen molar-refractivity contribution in [1.82, 2.24) is 4.98 Å². The number of ether oxygens (including phenoxy) is 1. The number of fused-ring (bicyclic) bond motifs is 4. The van der Waals surface area contributed by atoms with Crippen molar-refractivity contribution in [3.05, 3.63) is 77.7 Å². The lowest BCUT2D eigenvalue weighted by atomic mass is 9.86. The molecule has 4 heteroatoms. The lowest BCUT2D eigenvalue weighted by Crippen LogP contribution is -2.15. The average Bonchev–Trinajstić information content (AvgIpc) is 3.22. The maximum Gasteiger partial charge on any atom is 0.144 e. The topological polar surface area (TPSA) is 35.3 Å². The van der Waals surface area contributed by atoms with E-state index in [1.165, 1.54) is 5.56 Å². The molecule has 1 aliphatic rings.